The molecular formula is C4H2Br2OZn. The second-order valence-corrected chi connectivity index (χ2v) is 1.72. The molecule has 0 unspecified atom stereocenters. The van der Waals surface area contributed by atoms with Gasteiger partial charge in [0.05, 0.1) is 0 Å². The van der Waals surface area contributed by atoms with E-state index in [4.69, 9.17) is 0 Å². The van der Waals surface area contributed by atoms with Crippen LogP contribution in [0.3, 0.4) is 0 Å². The second-order valence-electron chi connectivity index (χ2n) is 0.871. The van der Waals surface area contributed by atoms with E-state index in [1.165, 1.54) is 16.3 Å². The van der Waals surface area contributed by atoms with Crippen LogP contribution in [0.2, 0.25) is 0 Å². The van der Waals surface area contributed by atoms with Crippen LogP contribution in [0.5, 0.6) is 0 Å². The molecule has 1 aromatic rings. The normalized spacial score (nSPS) is 7.50. The van der Waals surface area contributed by atoms with Gasteiger partial charge in [-0.3, -0.25) is 0 Å². The van der Waals surface area contributed by atoms with Crippen LogP contribution in [-0.2, 0) is 16.3 Å². The first-order chi connectivity index (χ1) is 3.89. The van der Waals surface area contributed by atoms with Gasteiger partial charge < -0.3 is 4.42 Å². The standard InChI is InChI=1S/C4H2BrO.BrH.Zn/c5-4-1-2-6-3-4;;/h1-2H;1H;/q-1;;+2/p-1. The van der Waals surface area contributed by atoms with Gasteiger partial charge in [0.15, 0.2) is 0 Å². The Morgan fingerprint density at radius 3 is 2.38 bits per heavy atom. The van der Waals surface area contributed by atoms with Crippen molar-refractivity contribution >= 4 is 29.6 Å². The fraction of sp³-hybridized carbons (Fsp3) is 0. The Morgan fingerprint density at radius 1 is 1.62 bits per heavy atom. The van der Waals surface area contributed by atoms with Crippen molar-refractivity contribution in [1.82, 2.24) is 0 Å². The molecule has 0 atom stereocenters. The van der Waals surface area contributed by atoms with E-state index >= 15 is 0 Å². The summed E-state index contributed by atoms with van der Waals surface area (Å²) in [5.74, 6) is 0. The fourth-order valence-corrected chi connectivity index (χ4v) is 0.419. The van der Waals surface area contributed by atoms with Crippen molar-refractivity contribution in [3.63, 3.8) is 0 Å². The second kappa shape index (κ2) is 5.99. The molecular weight excluding hydrogens is 289 g/mol. The first kappa shape index (κ1) is 8.86. The average molecular weight is 291 g/mol. The maximum absolute atomic E-state index is 4.54. The molecule has 0 radical (unpaired) electrons. The van der Waals surface area contributed by atoms with Crippen LogP contribution in [-0.4, -0.2) is 0 Å². The van der Waals surface area contributed by atoms with Crippen LogP contribution in [0.15, 0.2) is 21.2 Å². The molecule has 1 aromatic heterocycles. The van der Waals surface area contributed by atoms with Gasteiger partial charge in [-0.2, -0.15) is 6.07 Å². The van der Waals surface area contributed by atoms with Crippen molar-refractivity contribution in [3.05, 3.63) is 23.1 Å². The Balaban J connectivity index is 0.000000222. The molecule has 8 heavy (non-hydrogen) atoms. The van der Waals surface area contributed by atoms with Crippen molar-refractivity contribution in [3.8, 4) is 0 Å². The molecule has 0 amide bonds. The Labute approximate surface area is 73.0 Å². The van der Waals surface area contributed by atoms with E-state index in [0.29, 0.717) is 0 Å². The van der Waals surface area contributed by atoms with E-state index in [2.05, 4.69) is 40.2 Å². The van der Waals surface area contributed by atoms with Gasteiger partial charge in [-0.1, -0.05) is 26.7 Å². The summed E-state index contributed by atoms with van der Waals surface area (Å²) in [5.41, 5.74) is 0. The Hall–Kier alpha value is 0.863. The Bertz CT molecular complexity index is 118. The van der Waals surface area contributed by atoms with Crippen molar-refractivity contribution in [2.24, 2.45) is 0 Å². The SMILES string of the molecule is Brc1[c-]occ1.[Zn+][Br]. The molecule has 0 aliphatic carbocycles. The van der Waals surface area contributed by atoms with Crippen molar-refractivity contribution in [2.45, 2.75) is 0 Å². The van der Waals surface area contributed by atoms with E-state index in [0.717, 1.165) is 4.47 Å². The summed E-state index contributed by atoms with van der Waals surface area (Å²) in [4.78, 5) is 0. The van der Waals surface area contributed by atoms with Crippen LogP contribution in [0.25, 0.3) is 0 Å². The molecule has 1 nitrogen and oxygen atoms in total. The molecule has 1 heterocycles. The number of hydrogen-bond donors (Lipinski definition) is 0. The predicted octanol–water partition coefficient (Wildman–Crippen LogP) is 2.69. The topological polar surface area (TPSA) is 13.1 Å². The molecule has 0 aliphatic rings. The molecule has 0 fully saturated rings. The summed E-state index contributed by atoms with van der Waals surface area (Å²) in [7, 11) is 0. The number of hydrogen-bond acceptors (Lipinski definition) is 1. The van der Waals surface area contributed by atoms with Crippen LogP contribution in [0.4, 0.5) is 0 Å². The predicted molar refractivity (Wildman–Crippen MR) is 34.2 cm³/mol. The number of rotatable bonds is 0. The van der Waals surface area contributed by atoms with Gasteiger partial charge in [-0.15, -0.1) is 0 Å². The average Bonchev–Trinajstić information content (AvgIpc) is 2.24. The maximum atomic E-state index is 4.54. The zero-order chi connectivity index (χ0) is 6.41. The van der Waals surface area contributed by atoms with E-state index < -0.39 is 0 Å². The van der Waals surface area contributed by atoms with Gasteiger partial charge in [0.1, 0.15) is 0 Å². The van der Waals surface area contributed by atoms with Gasteiger partial charge in [0.25, 0.3) is 0 Å². The summed E-state index contributed by atoms with van der Waals surface area (Å²) >= 11 is 7.38. The molecule has 4 heteroatoms. The first-order valence-electron chi connectivity index (χ1n) is 1.77. The Morgan fingerprint density at radius 2 is 2.25 bits per heavy atom. The summed E-state index contributed by atoms with van der Waals surface area (Å²) in [6.45, 7) is 0. The van der Waals surface area contributed by atoms with Gasteiger partial charge in [-0.25, -0.2) is 0 Å². The zero-order valence-electron chi connectivity index (χ0n) is 4.03. The molecule has 1 rings (SSSR count). The fourth-order valence-electron chi connectivity index (χ4n) is 0.218. The van der Waals surface area contributed by atoms with E-state index in [1.54, 1.807) is 12.3 Å². The molecule has 0 N–H and O–H groups in total. The number of halogens is 2. The summed E-state index contributed by atoms with van der Waals surface area (Å²) in [6, 6.07) is 1.78. The van der Waals surface area contributed by atoms with Gasteiger partial charge in [0, 0.05) is 6.26 Å². The quantitative estimate of drug-likeness (QED) is 0.529. The molecule has 40 valence electrons. The molecule has 0 saturated carbocycles. The van der Waals surface area contributed by atoms with Crippen molar-refractivity contribution in [2.75, 3.05) is 0 Å². The van der Waals surface area contributed by atoms with Crippen LogP contribution >= 0.6 is 29.6 Å². The molecule has 0 saturated heterocycles. The molecule has 0 bridgehead atoms. The van der Waals surface area contributed by atoms with E-state index in [-0.39, 0.29) is 0 Å². The minimum absolute atomic E-state index is 0.863. The van der Waals surface area contributed by atoms with Gasteiger partial charge in [0.2, 0.25) is 0 Å². The third-order valence-corrected chi connectivity index (χ3v) is 0.865. The van der Waals surface area contributed by atoms with Crippen molar-refractivity contribution in [1.29, 1.82) is 0 Å². The third kappa shape index (κ3) is 3.82. The van der Waals surface area contributed by atoms with E-state index in [1.807, 2.05) is 0 Å². The summed E-state index contributed by atoms with van der Waals surface area (Å²) in [6.07, 6.45) is 4.10. The molecule has 0 spiro atoms. The van der Waals surface area contributed by atoms with Gasteiger partial charge >= 0.3 is 30.0 Å². The first-order valence-corrected chi connectivity index (χ1v) is 9.51. The monoisotopic (exact) mass is 288 g/mol. The molecule has 0 aromatic carbocycles. The zero-order valence-corrected chi connectivity index (χ0v) is 10.2. The summed E-state index contributed by atoms with van der Waals surface area (Å²) < 4.78 is 5.41. The minimum atomic E-state index is 0.863. The van der Waals surface area contributed by atoms with Crippen LogP contribution in [0, 0.1) is 6.26 Å². The third-order valence-electron chi connectivity index (χ3n) is 0.439. The van der Waals surface area contributed by atoms with Crippen molar-refractivity contribution < 1.29 is 20.8 Å². The number of furan rings is 1. The van der Waals surface area contributed by atoms with Crippen LogP contribution in [0.1, 0.15) is 0 Å². The van der Waals surface area contributed by atoms with E-state index in [9.17, 15) is 0 Å². The van der Waals surface area contributed by atoms with Gasteiger partial charge in [-0.05, 0) is 0 Å². The molecule has 0 aliphatic heterocycles. The Kier molecular flexibility index (Phi) is 6.64. The summed E-state index contributed by atoms with van der Waals surface area (Å²) in [5, 5.41) is 0. The van der Waals surface area contributed by atoms with Crippen LogP contribution < -0.4 is 0 Å².